The Bertz CT molecular complexity index is 492. The van der Waals surface area contributed by atoms with Gasteiger partial charge in [0.2, 0.25) is 17.6 Å². The number of hydrogen-bond donors (Lipinski definition) is 1. The lowest BCUT2D eigenvalue weighted by molar-refractivity contribution is -0.157. The van der Waals surface area contributed by atoms with Crippen molar-refractivity contribution in [1.29, 1.82) is 0 Å². The van der Waals surface area contributed by atoms with Crippen molar-refractivity contribution in [2.45, 2.75) is 6.04 Å². The van der Waals surface area contributed by atoms with Crippen LogP contribution in [0.25, 0.3) is 0 Å². The Kier molecular flexibility index (Phi) is 4.46. The molecule has 0 unspecified atom stereocenters. The van der Waals surface area contributed by atoms with Crippen LogP contribution in [0.5, 0.6) is 5.88 Å². The van der Waals surface area contributed by atoms with Crippen LogP contribution in [0.2, 0.25) is 0 Å². The van der Waals surface area contributed by atoms with Crippen LogP contribution in [0.3, 0.4) is 0 Å². The van der Waals surface area contributed by atoms with Gasteiger partial charge in [0.15, 0.2) is 0 Å². The Labute approximate surface area is 107 Å². The third kappa shape index (κ3) is 2.64. The van der Waals surface area contributed by atoms with Crippen molar-refractivity contribution in [3.63, 3.8) is 0 Å². The summed E-state index contributed by atoms with van der Waals surface area (Å²) in [5.41, 5.74) is -0.430. The summed E-state index contributed by atoms with van der Waals surface area (Å²) < 4.78 is 14.0. The highest BCUT2D eigenvalue weighted by Gasteiger charge is 2.34. The van der Waals surface area contributed by atoms with Crippen molar-refractivity contribution in [3.05, 3.63) is 12.0 Å². The van der Waals surface area contributed by atoms with Gasteiger partial charge >= 0.3 is 17.9 Å². The lowest BCUT2D eigenvalue weighted by Gasteiger charge is -2.14. The lowest BCUT2D eigenvalue weighted by atomic mass is 10.3. The minimum Gasteiger partial charge on any atom is -0.493 e. The largest absolute Gasteiger partial charge is 0.493 e. The van der Waals surface area contributed by atoms with Crippen molar-refractivity contribution < 1.29 is 33.7 Å². The molecule has 0 spiro atoms. The number of esters is 3. The number of carbonyl (C=O) groups is 3. The molecule has 0 amide bonds. The molecule has 0 saturated carbocycles. The van der Waals surface area contributed by atoms with E-state index < -0.39 is 35.5 Å². The number of ether oxygens (including phenoxy) is 3. The maximum atomic E-state index is 11.5. The van der Waals surface area contributed by atoms with Crippen molar-refractivity contribution in [2.75, 3.05) is 21.3 Å². The number of imidazole rings is 1. The van der Waals surface area contributed by atoms with Crippen LogP contribution in [-0.2, 0) is 23.8 Å². The minimum atomic E-state index is -1.60. The highest BCUT2D eigenvalue weighted by Crippen LogP contribution is 2.23. The number of carbonyl (C=O) groups excluding carboxylic acids is 3. The van der Waals surface area contributed by atoms with E-state index in [1.54, 1.807) is 0 Å². The summed E-state index contributed by atoms with van der Waals surface area (Å²) in [4.78, 5) is 37.9. The van der Waals surface area contributed by atoms with Crippen LogP contribution in [-0.4, -0.2) is 53.9 Å². The fraction of sp³-hybridized carbons (Fsp3) is 0.400. The smallest absolute Gasteiger partial charge is 0.362 e. The van der Waals surface area contributed by atoms with Crippen LogP contribution in [0, 0.1) is 0 Å². The lowest BCUT2D eigenvalue weighted by Crippen LogP contribution is -2.29. The summed E-state index contributed by atoms with van der Waals surface area (Å²) in [6.07, 6.45) is 0.931. The topological polar surface area (TPSA) is 117 Å². The molecule has 1 aromatic heterocycles. The Morgan fingerprint density at radius 2 is 1.68 bits per heavy atom. The van der Waals surface area contributed by atoms with Crippen molar-refractivity contribution in [2.24, 2.45) is 0 Å². The monoisotopic (exact) mass is 272 g/mol. The summed E-state index contributed by atoms with van der Waals surface area (Å²) in [5.74, 6) is -3.57. The first-order valence-electron chi connectivity index (χ1n) is 4.97. The van der Waals surface area contributed by atoms with Gasteiger partial charge in [-0.2, -0.15) is 0 Å². The maximum absolute atomic E-state index is 11.5. The first-order chi connectivity index (χ1) is 8.97. The van der Waals surface area contributed by atoms with E-state index in [1.165, 1.54) is 0 Å². The van der Waals surface area contributed by atoms with Gasteiger partial charge in [-0.1, -0.05) is 0 Å². The van der Waals surface area contributed by atoms with E-state index in [2.05, 4.69) is 19.2 Å². The Hall–Kier alpha value is -2.58. The van der Waals surface area contributed by atoms with E-state index in [0.29, 0.717) is 0 Å². The van der Waals surface area contributed by atoms with E-state index in [4.69, 9.17) is 0 Å². The van der Waals surface area contributed by atoms with Gasteiger partial charge in [-0.15, -0.1) is 0 Å². The summed E-state index contributed by atoms with van der Waals surface area (Å²) in [7, 11) is 3.22. The number of aromatic nitrogens is 2. The molecular formula is C10H12N2O7. The molecule has 0 aliphatic heterocycles. The molecule has 0 aliphatic rings. The van der Waals surface area contributed by atoms with Crippen LogP contribution in [0.4, 0.5) is 0 Å². The zero-order chi connectivity index (χ0) is 14.6. The highest BCUT2D eigenvalue weighted by atomic mass is 16.5. The summed E-state index contributed by atoms with van der Waals surface area (Å²) in [5, 5.41) is 9.77. The highest BCUT2D eigenvalue weighted by molar-refractivity contribution is 5.98. The molecular weight excluding hydrogens is 260 g/mol. The summed E-state index contributed by atoms with van der Waals surface area (Å²) >= 11 is 0. The van der Waals surface area contributed by atoms with Gasteiger partial charge in [0, 0.05) is 0 Å². The number of hydrogen-bond acceptors (Lipinski definition) is 8. The fourth-order valence-electron chi connectivity index (χ4n) is 1.33. The quantitative estimate of drug-likeness (QED) is 0.433. The van der Waals surface area contributed by atoms with Gasteiger partial charge in [0.1, 0.15) is 0 Å². The van der Waals surface area contributed by atoms with E-state index in [9.17, 15) is 19.5 Å². The predicted octanol–water partition coefficient (Wildman–Crippen LogP) is -0.738. The van der Waals surface area contributed by atoms with Gasteiger partial charge in [-0.05, 0) is 0 Å². The van der Waals surface area contributed by atoms with Crippen molar-refractivity contribution in [1.82, 2.24) is 9.55 Å². The predicted molar refractivity (Wildman–Crippen MR) is 58.3 cm³/mol. The summed E-state index contributed by atoms with van der Waals surface area (Å²) in [6.45, 7) is 0. The molecule has 0 saturated heterocycles. The molecule has 0 aliphatic carbocycles. The molecule has 0 aromatic carbocycles. The zero-order valence-electron chi connectivity index (χ0n) is 10.4. The first kappa shape index (κ1) is 14.5. The molecule has 9 heteroatoms. The van der Waals surface area contributed by atoms with Crippen LogP contribution < -0.4 is 0 Å². The van der Waals surface area contributed by atoms with Gasteiger partial charge in [-0.3, -0.25) is 4.57 Å². The molecule has 1 heterocycles. The number of rotatable bonds is 4. The van der Waals surface area contributed by atoms with Gasteiger partial charge in [0.05, 0.1) is 27.7 Å². The second kappa shape index (κ2) is 5.85. The molecule has 0 radical (unpaired) electrons. The SMILES string of the molecule is COC(=O)c1ncn(C(C(=O)OC)C(=O)OC)c1O. The Morgan fingerprint density at radius 3 is 2.11 bits per heavy atom. The van der Waals surface area contributed by atoms with Crippen LogP contribution in [0.15, 0.2) is 6.33 Å². The minimum absolute atomic E-state index is 0.430. The normalized spacial score (nSPS) is 10.1. The average molecular weight is 272 g/mol. The van der Waals surface area contributed by atoms with E-state index in [0.717, 1.165) is 32.2 Å². The molecule has 0 atom stereocenters. The second-order valence-electron chi connectivity index (χ2n) is 3.26. The van der Waals surface area contributed by atoms with Crippen molar-refractivity contribution >= 4 is 17.9 Å². The first-order valence-corrected chi connectivity index (χ1v) is 4.97. The molecule has 104 valence electrons. The molecule has 0 fully saturated rings. The molecule has 9 nitrogen and oxygen atoms in total. The van der Waals surface area contributed by atoms with Crippen LogP contribution in [0.1, 0.15) is 16.5 Å². The van der Waals surface area contributed by atoms with E-state index in [1.807, 2.05) is 0 Å². The Balaban J connectivity index is 3.25. The molecule has 1 N–H and O–H groups in total. The van der Waals surface area contributed by atoms with Gasteiger partial charge in [-0.25, -0.2) is 19.4 Å². The number of aromatic hydroxyl groups is 1. The van der Waals surface area contributed by atoms with Gasteiger partial charge < -0.3 is 19.3 Å². The number of nitrogens with zero attached hydrogens (tertiary/aromatic N) is 2. The fourth-order valence-corrected chi connectivity index (χ4v) is 1.33. The molecule has 1 aromatic rings. The van der Waals surface area contributed by atoms with Crippen LogP contribution >= 0.6 is 0 Å². The van der Waals surface area contributed by atoms with E-state index >= 15 is 0 Å². The van der Waals surface area contributed by atoms with E-state index in [-0.39, 0.29) is 0 Å². The second-order valence-corrected chi connectivity index (χ2v) is 3.26. The third-order valence-corrected chi connectivity index (χ3v) is 2.27. The van der Waals surface area contributed by atoms with Crippen molar-refractivity contribution in [3.8, 4) is 5.88 Å². The summed E-state index contributed by atoms with van der Waals surface area (Å²) in [6, 6.07) is -1.60. The number of methoxy groups -OCH3 is 3. The Morgan fingerprint density at radius 1 is 1.16 bits per heavy atom. The molecule has 0 bridgehead atoms. The standard InChI is InChI=1S/C10H12N2O7/c1-17-8(14)5-7(13)12(4-11-5)6(9(15)18-2)10(16)19-3/h4,6,13H,1-3H3. The molecule has 19 heavy (non-hydrogen) atoms. The average Bonchev–Trinajstić information content (AvgIpc) is 2.79. The zero-order valence-corrected chi connectivity index (χ0v) is 10.4. The molecule has 1 rings (SSSR count). The third-order valence-electron chi connectivity index (χ3n) is 2.27. The maximum Gasteiger partial charge on any atom is 0.362 e. The van der Waals surface area contributed by atoms with Gasteiger partial charge in [0.25, 0.3) is 0 Å².